The number of oxime groups is 1. The van der Waals surface area contributed by atoms with Gasteiger partial charge in [0.2, 0.25) is 0 Å². The zero-order valence-electron chi connectivity index (χ0n) is 11.4. The van der Waals surface area contributed by atoms with Crippen LogP contribution in [0.2, 0.25) is 0 Å². The Morgan fingerprint density at radius 2 is 1.68 bits per heavy atom. The summed E-state index contributed by atoms with van der Waals surface area (Å²) in [5.41, 5.74) is 5.20. The summed E-state index contributed by atoms with van der Waals surface area (Å²) < 4.78 is 0. The lowest BCUT2D eigenvalue weighted by molar-refractivity contribution is 0.196. The number of amidine groups is 1. The van der Waals surface area contributed by atoms with Crippen LogP contribution in [0.1, 0.15) is 51.4 Å². The van der Waals surface area contributed by atoms with Crippen molar-refractivity contribution in [2.24, 2.45) is 10.9 Å². The first-order valence-corrected chi connectivity index (χ1v) is 7.23. The number of hydrogen-bond donors (Lipinski definition) is 3. The SMILES string of the molecule is NC(=NO)C1(NC(=O)N2CCCC2)CCCCCC1. The Morgan fingerprint density at radius 1 is 1.11 bits per heavy atom. The standard InChI is InChI=1S/C13H24N4O2/c14-11(16-19)13(7-3-1-2-4-8-13)15-12(18)17-9-5-6-10-17/h19H,1-10H2,(H2,14,16)(H,15,18). The van der Waals surface area contributed by atoms with Crippen molar-refractivity contribution in [3.05, 3.63) is 0 Å². The number of nitrogens with zero attached hydrogens (tertiary/aromatic N) is 2. The number of carbonyl (C=O) groups excluding carboxylic acids is 1. The zero-order chi connectivity index (χ0) is 13.7. The summed E-state index contributed by atoms with van der Waals surface area (Å²) in [7, 11) is 0. The van der Waals surface area contributed by atoms with Gasteiger partial charge >= 0.3 is 6.03 Å². The fraction of sp³-hybridized carbons (Fsp3) is 0.846. The number of likely N-dealkylation sites (tertiary alicyclic amines) is 1. The molecule has 0 radical (unpaired) electrons. The highest BCUT2D eigenvalue weighted by Gasteiger charge is 2.38. The molecule has 6 nitrogen and oxygen atoms in total. The molecule has 2 rings (SSSR count). The molecule has 1 heterocycles. The molecular weight excluding hydrogens is 244 g/mol. The molecule has 19 heavy (non-hydrogen) atoms. The van der Waals surface area contributed by atoms with Crippen LogP contribution in [0.5, 0.6) is 0 Å². The minimum atomic E-state index is -0.662. The first-order valence-electron chi connectivity index (χ1n) is 7.23. The van der Waals surface area contributed by atoms with Crippen LogP contribution in [0.15, 0.2) is 5.16 Å². The van der Waals surface area contributed by atoms with E-state index in [0.717, 1.165) is 64.5 Å². The van der Waals surface area contributed by atoms with Crippen LogP contribution in [0.4, 0.5) is 4.79 Å². The maximum atomic E-state index is 12.3. The molecule has 2 fully saturated rings. The van der Waals surface area contributed by atoms with Crippen molar-refractivity contribution in [2.45, 2.75) is 56.9 Å². The van der Waals surface area contributed by atoms with Gasteiger partial charge in [0.25, 0.3) is 0 Å². The molecule has 0 spiro atoms. The van der Waals surface area contributed by atoms with Gasteiger partial charge in [0.15, 0.2) is 5.84 Å². The molecule has 108 valence electrons. The van der Waals surface area contributed by atoms with Crippen molar-refractivity contribution >= 4 is 11.9 Å². The molecule has 1 aliphatic carbocycles. The number of urea groups is 1. The van der Waals surface area contributed by atoms with Gasteiger partial charge in [-0.15, -0.1) is 0 Å². The molecule has 0 unspecified atom stereocenters. The predicted octanol–water partition coefficient (Wildman–Crippen LogP) is 1.63. The van der Waals surface area contributed by atoms with Crippen molar-refractivity contribution in [3.63, 3.8) is 0 Å². The van der Waals surface area contributed by atoms with Gasteiger partial charge in [0.05, 0.1) is 0 Å². The van der Waals surface area contributed by atoms with Gasteiger partial charge in [-0.3, -0.25) is 0 Å². The first-order chi connectivity index (χ1) is 9.18. The smallest absolute Gasteiger partial charge is 0.318 e. The Labute approximate surface area is 114 Å². The Morgan fingerprint density at radius 3 is 2.21 bits per heavy atom. The highest BCUT2D eigenvalue weighted by molar-refractivity contribution is 5.93. The fourth-order valence-electron chi connectivity index (χ4n) is 3.08. The lowest BCUT2D eigenvalue weighted by atomic mass is 9.89. The van der Waals surface area contributed by atoms with E-state index in [1.165, 1.54) is 0 Å². The van der Waals surface area contributed by atoms with Gasteiger partial charge in [-0.1, -0.05) is 30.8 Å². The van der Waals surface area contributed by atoms with Crippen LogP contribution >= 0.6 is 0 Å². The highest BCUT2D eigenvalue weighted by atomic mass is 16.4. The Bertz CT molecular complexity index is 343. The number of hydrogen-bond acceptors (Lipinski definition) is 3. The summed E-state index contributed by atoms with van der Waals surface area (Å²) in [6.45, 7) is 1.61. The zero-order valence-corrected chi connectivity index (χ0v) is 11.4. The van der Waals surface area contributed by atoms with Crippen LogP contribution < -0.4 is 11.1 Å². The Hall–Kier alpha value is -1.46. The van der Waals surface area contributed by atoms with E-state index in [4.69, 9.17) is 10.9 Å². The lowest BCUT2D eigenvalue weighted by Gasteiger charge is -2.34. The van der Waals surface area contributed by atoms with Gasteiger partial charge in [0.1, 0.15) is 5.54 Å². The number of nitrogens with two attached hydrogens (primary N) is 1. The maximum absolute atomic E-state index is 12.3. The fourth-order valence-corrected chi connectivity index (χ4v) is 3.08. The molecule has 1 aliphatic heterocycles. The lowest BCUT2D eigenvalue weighted by Crippen LogP contribution is -2.59. The normalized spacial score (nSPS) is 24.0. The van der Waals surface area contributed by atoms with Crippen molar-refractivity contribution < 1.29 is 10.0 Å². The van der Waals surface area contributed by atoms with Crippen molar-refractivity contribution in [1.82, 2.24) is 10.2 Å². The average molecular weight is 268 g/mol. The van der Waals surface area contributed by atoms with Crippen molar-refractivity contribution in [3.8, 4) is 0 Å². The van der Waals surface area contributed by atoms with E-state index in [1.807, 2.05) is 4.90 Å². The highest BCUT2D eigenvalue weighted by Crippen LogP contribution is 2.28. The third-order valence-electron chi connectivity index (χ3n) is 4.29. The van der Waals surface area contributed by atoms with Crippen LogP contribution in [0, 0.1) is 0 Å². The van der Waals surface area contributed by atoms with Crippen molar-refractivity contribution in [2.75, 3.05) is 13.1 Å². The largest absolute Gasteiger partial charge is 0.409 e. The van der Waals surface area contributed by atoms with E-state index in [0.29, 0.717) is 0 Å². The van der Waals surface area contributed by atoms with E-state index in [-0.39, 0.29) is 11.9 Å². The van der Waals surface area contributed by atoms with Gasteiger partial charge < -0.3 is 21.2 Å². The van der Waals surface area contributed by atoms with Gasteiger partial charge in [-0.2, -0.15) is 0 Å². The summed E-state index contributed by atoms with van der Waals surface area (Å²) in [5.74, 6) is 0.141. The van der Waals surface area contributed by atoms with Gasteiger partial charge in [0, 0.05) is 13.1 Å². The van der Waals surface area contributed by atoms with Crippen LogP contribution in [-0.4, -0.2) is 40.6 Å². The van der Waals surface area contributed by atoms with Crippen LogP contribution in [0.25, 0.3) is 0 Å². The summed E-state index contributed by atoms with van der Waals surface area (Å²) in [6.07, 6.45) is 7.89. The van der Waals surface area contributed by atoms with E-state index in [1.54, 1.807) is 0 Å². The molecule has 6 heteroatoms. The summed E-state index contributed by atoms with van der Waals surface area (Å²) in [6, 6.07) is -0.0778. The third kappa shape index (κ3) is 3.11. The number of nitrogens with one attached hydrogen (secondary N) is 1. The molecule has 0 aromatic heterocycles. The number of carbonyl (C=O) groups is 1. The van der Waals surface area contributed by atoms with E-state index >= 15 is 0 Å². The number of amides is 2. The van der Waals surface area contributed by atoms with Crippen molar-refractivity contribution in [1.29, 1.82) is 0 Å². The maximum Gasteiger partial charge on any atom is 0.318 e. The summed E-state index contributed by atoms with van der Waals surface area (Å²) in [4.78, 5) is 14.1. The number of rotatable bonds is 2. The average Bonchev–Trinajstić information content (AvgIpc) is 2.86. The second kappa shape index (κ2) is 6.12. The van der Waals surface area contributed by atoms with E-state index < -0.39 is 5.54 Å². The predicted molar refractivity (Wildman–Crippen MR) is 73.2 cm³/mol. The van der Waals surface area contributed by atoms with E-state index in [2.05, 4.69) is 10.5 Å². The third-order valence-corrected chi connectivity index (χ3v) is 4.29. The minimum Gasteiger partial charge on any atom is -0.409 e. The van der Waals surface area contributed by atoms with Crippen LogP contribution in [-0.2, 0) is 0 Å². The molecule has 2 aliphatic rings. The summed E-state index contributed by atoms with van der Waals surface area (Å²) in [5, 5.41) is 15.2. The monoisotopic (exact) mass is 268 g/mol. The second-order valence-corrected chi connectivity index (χ2v) is 5.61. The Kier molecular flexibility index (Phi) is 4.50. The van der Waals surface area contributed by atoms with Crippen LogP contribution in [0.3, 0.4) is 0 Å². The summed E-state index contributed by atoms with van der Waals surface area (Å²) >= 11 is 0. The quantitative estimate of drug-likeness (QED) is 0.234. The minimum absolute atomic E-state index is 0.0778. The molecule has 4 N–H and O–H groups in total. The molecule has 0 bridgehead atoms. The molecule has 1 saturated heterocycles. The molecule has 0 atom stereocenters. The van der Waals surface area contributed by atoms with Gasteiger partial charge in [-0.05, 0) is 25.7 Å². The topological polar surface area (TPSA) is 91.0 Å². The molecule has 0 aromatic rings. The Balaban J connectivity index is 2.10. The van der Waals surface area contributed by atoms with E-state index in [9.17, 15) is 4.79 Å². The molecule has 1 saturated carbocycles. The molecule has 0 aromatic carbocycles. The van der Waals surface area contributed by atoms with Gasteiger partial charge in [-0.25, -0.2) is 4.79 Å². The second-order valence-electron chi connectivity index (χ2n) is 5.61. The first kappa shape index (κ1) is 14.0. The molecule has 2 amide bonds. The molecular formula is C13H24N4O2.